The van der Waals surface area contributed by atoms with Gasteiger partial charge >= 0.3 is 6.09 Å². The third-order valence-electron chi connectivity index (χ3n) is 5.69. The van der Waals surface area contributed by atoms with Crippen molar-refractivity contribution in [3.8, 4) is 5.75 Å². The van der Waals surface area contributed by atoms with Gasteiger partial charge in [-0.25, -0.2) is 26.7 Å². The topological polar surface area (TPSA) is 102 Å². The van der Waals surface area contributed by atoms with Crippen LogP contribution in [0.3, 0.4) is 0 Å². The van der Waals surface area contributed by atoms with Gasteiger partial charge in [-0.05, 0) is 50.8 Å². The molecule has 1 unspecified atom stereocenters. The third-order valence-corrected chi connectivity index (χ3v) is 7.39. The van der Waals surface area contributed by atoms with E-state index in [0.717, 1.165) is 12.5 Å². The molecule has 1 aliphatic heterocycles. The van der Waals surface area contributed by atoms with Crippen molar-refractivity contribution in [2.75, 3.05) is 19.7 Å². The normalized spacial score (nSPS) is 18.3. The van der Waals surface area contributed by atoms with Crippen LogP contribution in [0.5, 0.6) is 5.75 Å². The molecule has 1 aliphatic rings. The number of nitrogens with one attached hydrogen (secondary N) is 1. The lowest BCUT2D eigenvalue weighted by Crippen LogP contribution is -2.46. The van der Waals surface area contributed by atoms with Gasteiger partial charge in [-0.2, -0.15) is 0 Å². The van der Waals surface area contributed by atoms with Crippen LogP contribution >= 0.6 is 11.6 Å². The number of hydrogen-bond acceptors (Lipinski definition) is 6. The molecule has 0 saturated carbocycles. The molecule has 2 atom stereocenters. The summed E-state index contributed by atoms with van der Waals surface area (Å²) in [4.78, 5) is 24.3. The zero-order valence-corrected chi connectivity index (χ0v) is 22.5. The molecule has 1 N–H and O–H groups in total. The lowest BCUT2D eigenvalue weighted by atomic mass is 9.81. The van der Waals surface area contributed by atoms with Crippen LogP contribution in [0.15, 0.2) is 41.3 Å². The fourth-order valence-corrected chi connectivity index (χ4v) is 5.30. The van der Waals surface area contributed by atoms with Crippen LogP contribution in [0.4, 0.5) is 13.6 Å². The quantitative estimate of drug-likeness (QED) is 0.543. The van der Waals surface area contributed by atoms with Crippen LogP contribution in [-0.4, -0.2) is 50.6 Å². The molecule has 0 aliphatic carbocycles. The number of carbonyl (C=O) groups excluding carboxylic acids is 2. The van der Waals surface area contributed by atoms with Crippen LogP contribution in [0.1, 0.15) is 45.6 Å². The second kappa shape index (κ2) is 11.2. The Morgan fingerprint density at radius 2 is 1.78 bits per heavy atom. The van der Waals surface area contributed by atoms with Crippen LogP contribution in [0, 0.1) is 17.6 Å². The van der Waals surface area contributed by atoms with Gasteiger partial charge in [-0.15, -0.1) is 0 Å². The SMILES string of the molecule is CC(=O)NS(=O)(=O)c1cc(F)c(OC[C@@H]2CN(C(=O)OC(C)(C)C)CCC2c2ccc(Cl)cc2)cc1F. The standard InChI is InChI=1S/C25H29ClF2N2O6S/c1-15(31)29-37(33,34)23-12-20(27)22(11-21(23)28)35-14-17-13-30(24(32)36-25(2,3)4)10-9-19(17)16-5-7-18(26)8-6-16/h5-8,11-12,17,19H,9-10,13-14H2,1-4H3,(H,29,31)/t17-,19?/m0/s1. The minimum atomic E-state index is -4.58. The highest BCUT2D eigenvalue weighted by molar-refractivity contribution is 7.90. The molecule has 1 fully saturated rings. The molecule has 37 heavy (non-hydrogen) atoms. The Hall–Kier alpha value is -2.92. The van der Waals surface area contributed by atoms with Gasteiger partial charge in [0.25, 0.3) is 10.0 Å². The van der Waals surface area contributed by atoms with Crippen molar-refractivity contribution >= 4 is 33.6 Å². The van der Waals surface area contributed by atoms with Crippen LogP contribution in [0.2, 0.25) is 5.02 Å². The van der Waals surface area contributed by atoms with Crippen molar-refractivity contribution in [3.63, 3.8) is 0 Å². The zero-order valence-electron chi connectivity index (χ0n) is 20.9. The van der Waals surface area contributed by atoms with Gasteiger partial charge in [-0.3, -0.25) is 4.79 Å². The Labute approximate surface area is 219 Å². The molecular formula is C25H29ClF2N2O6S. The monoisotopic (exact) mass is 558 g/mol. The average Bonchev–Trinajstić information content (AvgIpc) is 2.77. The molecule has 1 saturated heterocycles. The van der Waals surface area contributed by atoms with Crippen LogP contribution in [0.25, 0.3) is 0 Å². The molecule has 0 aromatic heterocycles. The molecule has 12 heteroatoms. The smallest absolute Gasteiger partial charge is 0.410 e. The number of halogens is 3. The lowest BCUT2D eigenvalue weighted by Gasteiger charge is -2.39. The number of benzene rings is 2. The van der Waals surface area contributed by atoms with Crippen molar-refractivity contribution in [1.82, 2.24) is 9.62 Å². The van der Waals surface area contributed by atoms with Crippen molar-refractivity contribution in [2.24, 2.45) is 5.92 Å². The Kier molecular flexibility index (Phi) is 8.69. The summed E-state index contributed by atoms with van der Waals surface area (Å²) in [6.07, 6.45) is 0.0800. The van der Waals surface area contributed by atoms with Crippen molar-refractivity contribution < 1.29 is 36.3 Å². The second-order valence-corrected chi connectivity index (χ2v) is 11.9. The lowest BCUT2D eigenvalue weighted by molar-refractivity contribution is -0.117. The van der Waals surface area contributed by atoms with E-state index in [1.54, 1.807) is 42.5 Å². The fraction of sp³-hybridized carbons (Fsp3) is 0.440. The van der Waals surface area contributed by atoms with Gasteiger partial charge in [-0.1, -0.05) is 23.7 Å². The zero-order chi connectivity index (χ0) is 27.5. The van der Waals surface area contributed by atoms with Gasteiger partial charge in [0.1, 0.15) is 16.3 Å². The Bertz CT molecular complexity index is 1270. The van der Waals surface area contributed by atoms with Gasteiger partial charge in [0.2, 0.25) is 5.91 Å². The number of sulfonamides is 1. The summed E-state index contributed by atoms with van der Waals surface area (Å²) >= 11 is 6.02. The summed E-state index contributed by atoms with van der Waals surface area (Å²) < 4.78 is 66.2. The molecule has 3 rings (SSSR count). The van der Waals surface area contributed by atoms with E-state index in [-0.39, 0.29) is 25.0 Å². The summed E-state index contributed by atoms with van der Waals surface area (Å²) in [5.41, 5.74) is 0.265. The second-order valence-electron chi connectivity index (χ2n) is 9.82. The van der Waals surface area contributed by atoms with E-state index in [1.807, 2.05) is 12.1 Å². The minimum Gasteiger partial charge on any atom is -0.490 e. The Balaban J connectivity index is 1.83. The number of hydrogen-bond donors (Lipinski definition) is 1. The van der Waals surface area contributed by atoms with E-state index in [4.69, 9.17) is 21.1 Å². The molecule has 0 bridgehead atoms. The largest absolute Gasteiger partial charge is 0.490 e. The summed E-state index contributed by atoms with van der Waals surface area (Å²) in [6, 6.07) is 8.31. The predicted octanol–water partition coefficient (Wildman–Crippen LogP) is 4.86. The summed E-state index contributed by atoms with van der Waals surface area (Å²) in [5.74, 6) is -4.24. The summed E-state index contributed by atoms with van der Waals surface area (Å²) in [7, 11) is -4.58. The van der Waals surface area contributed by atoms with E-state index in [2.05, 4.69) is 0 Å². The minimum absolute atomic E-state index is 0.0803. The first kappa shape index (κ1) is 28.6. The number of piperidine rings is 1. The summed E-state index contributed by atoms with van der Waals surface area (Å²) in [6.45, 7) is 6.79. The molecule has 8 nitrogen and oxygen atoms in total. The van der Waals surface area contributed by atoms with Crippen LogP contribution < -0.4 is 9.46 Å². The fourth-order valence-electron chi connectivity index (χ4n) is 4.11. The molecule has 202 valence electrons. The van der Waals surface area contributed by atoms with Crippen LogP contribution in [-0.2, 0) is 19.6 Å². The summed E-state index contributed by atoms with van der Waals surface area (Å²) in [5, 5.41) is 0.564. The number of ether oxygens (including phenoxy) is 2. The van der Waals surface area contributed by atoms with E-state index in [9.17, 15) is 26.8 Å². The maximum atomic E-state index is 14.7. The van der Waals surface area contributed by atoms with E-state index >= 15 is 0 Å². The maximum absolute atomic E-state index is 14.7. The van der Waals surface area contributed by atoms with Crippen molar-refractivity contribution in [1.29, 1.82) is 0 Å². The molecule has 0 radical (unpaired) electrons. The highest BCUT2D eigenvalue weighted by Gasteiger charge is 2.35. The third kappa shape index (κ3) is 7.54. The number of likely N-dealkylation sites (tertiary alicyclic amines) is 1. The molecule has 2 amide bonds. The van der Waals surface area contributed by atoms with E-state index < -0.39 is 49.9 Å². The van der Waals surface area contributed by atoms with Gasteiger partial charge < -0.3 is 14.4 Å². The molecule has 1 heterocycles. The first-order valence-electron chi connectivity index (χ1n) is 11.5. The number of amides is 2. The number of carbonyl (C=O) groups is 2. The van der Waals surface area contributed by atoms with Crippen molar-refractivity contribution in [2.45, 2.75) is 50.5 Å². The molecule has 0 spiro atoms. The first-order valence-corrected chi connectivity index (χ1v) is 13.4. The van der Waals surface area contributed by atoms with Gasteiger partial charge in [0.05, 0.1) is 6.61 Å². The number of rotatable bonds is 6. The van der Waals surface area contributed by atoms with E-state index in [1.165, 1.54) is 0 Å². The molecule has 2 aromatic carbocycles. The Morgan fingerprint density at radius 1 is 1.14 bits per heavy atom. The maximum Gasteiger partial charge on any atom is 0.410 e. The van der Waals surface area contributed by atoms with Gasteiger partial charge in [0.15, 0.2) is 11.6 Å². The first-order chi connectivity index (χ1) is 17.2. The molecule has 2 aromatic rings. The average molecular weight is 559 g/mol. The van der Waals surface area contributed by atoms with Crippen molar-refractivity contribution in [3.05, 3.63) is 58.6 Å². The molecular weight excluding hydrogens is 530 g/mol. The highest BCUT2D eigenvalue weighted by Crippen LogP contribution is 2.35. The Morgan fingerprint density at radius 3 is 2.38 bits per heavy atom. The highest BCUT2D eigenvalue weighted by atomic mass is 35.5. The number of nitrogens with zero attached hydrogens (tertiary/aromatic N) is 1. The van der Waals surface area contributed by atoms with Gasteiger partial charge in [0, 0.05) is 43.1 Å². The van der Waals surface area contributed by atoms with E-state index in [0.29, 0.717) is 30.1 Å². The predicted molar refractivity (Wildman–Crippen MR) is 133 cm³/mol.